The lowest BCUT2D eigenvalue weighted by atomic mass is 10.1. The molecule has 5 nitrogen and oxygen atoms in total. The van der Waals surface area contributed by atoms with Gasteiger partial charge in [0.2, 0.25) is 5.91 Å². The number of amides is 1. The van der Waals surface area contributed by atoms with E-state index in [1.54, 1.807) is 0 Å². The van der Waals surface area contributed by atoms with Crippen LogP contribution in [0.5, 0.6) is 0 Å². The molecule has 108 valence electrons. The third-order valence-electron chi connectivity index (χ3n) is 4.22. The van der Waals surface area contributed by atoms with E-state index in [1.807, 2.05) is 4.90 Å². The molecule has 1 saturated heterocycles. The number of likely N-dealkylation sites (tertiary alicyclic amines) is 1. The van der Waals surface area contributed by atoms with Crippen LogP contribution in [-0.4, -0.2) is 47.1 Å². The van der Waals surface area contributed by atoms with Crippen molar-refractivity contribution in [1.29, 1.82) is 0 Å². The predicted octanol–water partition coefficient (Wildman–Crippen LogP) is 1.37. The molecule has 1 heterocycles. The Bertz CT molecular complexity index is 327. The molecule has 0 aromatic carbocycles. The summed E-state index contributed by atoms with van der Waals surface area (Å²) in [4.78, 5) is 25.1. The molecule has 2 fully saturated rings. The number of carbonyl (C=O) groups is 2. The van der Waals surface area contributed by atoms with Gasteiger partial charge in [0, 0.05) is 6.04 Å². The second-order valence-electron chi connectivity index (χ2n) is 5.72. The zero-order valence-corrected chi connectivity index (χ0v) is 11.4. The molecule has 2 aliphatic rings. The van der Waals surface area contributed by atoms with Crippen LogP contribution in [-0.2, 0) is 9.59 Å². The second-order valence-corrected chi connectivity index (χ2v) is 5.72. The van der Waals surface area contributed by atoms with E-state index in [9.17, 15) is 14.7 Å². The van der Waals surface area contributed by atoms with E-state index >= 15 is 0 Å². The standard InChI is InChI=1S/C14H24N2O3/c17-13(15-11-6-3-4-7-11)10-16-9-5-1-2-8-12(16)14(18)19/h11-12H,1-10H2,(H,15,17)(H,18,19). The molecule has 0 radical (unpaired) electrons. The molecule has 1 atom stereocenters. The summed E-state index contributed by atoms with van der Waals surface area (Å²) in [5.41, 5.74) is 0. The van der Waals surface area contributed by atoms with Crippen molar-refractivity contribution in [3.05, 3.63) is 0 Å². The number of hydrogen-bond acceptors (Lipinski definition) is 3. The van der Waals surface area contributed by atoms with Gasteiger partial charge in [-0.05, 0) is 32.2 Å². The summed E-state index contributed by atoms with van der Waals surface area (Å²) in [6.45, 7) is 0.947. The normalized spacial score (nSPS) is 26.0. The monoisotopic (exact) mass is 268 g/mol. The maximum absolute atomic E-state index is 12.0. The molecule has 1 saturated carbocycles. The first-order valence-corrected chi connectivity index (χ1v) is 7.43. The van der Waals surface area contributed by atoms with Gasteiger partial charge in [0.15, 0.2) is 0 Å². The van der Waals surface area contributed by atoms with Crippen LogP contribution in [0.2, 0.25) is 0 Å². The van der Waals surface area contributed by atoms with Gasteiger partial charge in [-0.15, -0.1) is 0 Å². The van der Waals surface area contributed by atoms with Crippen LogP contribution >= 0.6 is 0 Å². The quantitative estimate of drug-likeness (QED) is 0.808. The van der Waals surface area contributed by atoms with Crippen LogP contribution in [0.25, 0.3) is 0 Å². The highest BCUT2D eigenvalue weighted by atomic mass is 16.4. The first-order chi connectivity index (χ1) is 9.16. The van der Waals surface area contributed by atoms with Crippen LogP contribution in [0.4, 0.5) is 0 Å². The smallest absolute Gasteiger partial charge is 0.320 e. The van der Waals surface area contributed by atoms with Gasteiger partial charge >= 0.3 is 5.97 Å². The Hall–Kier alpha value is -1.10. The van der Waals surface area contributed by atoms with Gasteiger partial charge in [-0.2, -0.15) is 0 Å². The Morgan fingerprint density at radius 1 is 1.05 bits per heavy atom. The van der Waals surface area contributed by atoms with Crippen LogP contribution in [0, 0.1) is 0 Å². The van der Waals surface area contributed by atoms with Crippen LogP contribution in [0.15, 0.2) is 0 Å². The van der Waals surface area contributed by atoms with Crippen LogP contribution in [0.3, 0.4) is 0 Å². The number of rotatable bonds is 4. The minimum Gasteiger partial charge on any atom is -0.480 e. The zero-order valence-electron chi connectivity index (χ0n) is 11.4. The Morgan fingerprint density at radius 2 is 1.74 bits per heavy atom. The average Bonchev–Trinajstić information content (AvgIpc) is 2.73. The molecule has 1 aliphatic heterocycles. The predicted molar refractivity (Wildman–Crippen MR) is 71.9 cm³/mol. The first kappa shape index (κ1) is 14.3. The van der Waals surface area contributed by atoms with Crippen LogP contribution in [0.1, 0.15) is 51.4 Å². The van der Waals surface area contributed by atoms with Gasteiger partial charge in [0.05, 0.1) is 6.54 Å². The maximum atomic E-state index is 12.0. The summed E-state index contributed by atoms with van der Waals surface area (Å²) in [6, 6.07) is -0.181. The molecular weight excluding hydrogens is 244 g/mol. The first-order valence-electron chi connectivity index (χ1n) is 7.43. The van der Waals surface area contributed by atoms with E-state index in [4.69, 9.17) is 0 Å². The largest absolute Gasteiger partial charge is 0.480 e. The van der Waals surface area contributed by atoms with Crippen molar-refractivity contribution in [2.45, 2.75) is 63.5 Å². The van der Waals surface area contributed by atoms with E-state index in [0.717, 1.165) is 38.6 Å². The van der Waals surface area contributed by atoms with Gasteiger partial charge in [-0.3, -0.25) is 14.5 Å². The third-order valence-corrected chi connectivity index (χ3v) is 4.22. The third kappa shape index (κ3) is 4.20. The van der Waals surface area contributed by atoms with E-state index in [1.165, 1.54) is 12.8 Å². The van der Waals surface area contributed by atoms with Crippen LogP contribution < -0.4 is 5.32 Å². The van der Waals surface area contributed by atoms with Crippen molar-refractivity contribution in [3.63, 3.8) is 0 Å². The van der Waals surface area contributed by atoms with E-state index in [-0.39, 0.29) is 12.5 Å². The number of nitrogens with one attached hydrogen (secondary N) is 1. The molecule has 1 aliphatic carbocycles. The molecule has 0 bridgehead atoms. The fraction of sp³-hybridized carbons (Fsp3) is 0.857. The fourth-order valence-electron chi connectivity index (χ4n) is 3.16. The summed E-state index contributed by atoms with van der Waals surface area (Å²) >= 11 is 0. The van der Waals surface area contributed by atoms with Crippen molar-refractivity contribution >= 4 is 11.9 Å². The molecule has 5 heteroatoms. The summed E-state index contributed by atoms with van der Waals surface area (Å²) in [6.07, 6.45) is 8.15. The highest BCUT2D eigenvalue weighted by molar-refractivity contribution is 5.80. The van der Waals surface area contributed by atoms with Crippen molar-refractivity contribution < 1.29 is 14.7 Å². The van der Waals surface area contributed by atoms with Gasteiger partial charge in [0.1, 0.15) is 6.04 Å². The molecule has 1 amide bonds. The SMILES string of the molecule is O=C(CN1CCCCCC1C(=O)O)NC1CCCC1. The molecule has 2 N–H and O–H groups in total. The lowest BCUT2D eigenvalue weighted by Crippen LogP contribution is -2.47. The Kier molecular flexibility index (Phi) is 5.19. The molecular formula is C14H24N2O3. The lowest BCUT2D eigenvalue weighted by Gasteiger charge is -2.26. The highest BCUT2D eigenvalue weighted by Crippen LogP contribution is 2.19. The number of hydrogen-bond donors (Lipinski definition) is 2. The van der Waals surface area contributed by atoms with Gasteiger partial charge < -0.3 is 10.4 Å². The fourth-order valence-corrected chi connectivity index (χ4v) is 3.16. The number of carboxylic acids is 1. The minimum atomic E-state index is -0.796. The van der Waals surface area contributed by atoms with Crippen molar-refractivity contribution in [2.24, 2.45) is 0 Å². The lowest BCUT2D eigenvalue weighted by molar-refractivity contribution is -0.144. The van der Waals surface area contributed by atoms with E-state index in [2.05, 4.69) is 5.32 Å². The summed E-state index contributed by atoms with van der Waals surface area (Å²) in [5, 5.41) is 12.3. The van der Waals surface area contributed by atoms with E-state index in [0.29, 0.717) is 12.5 Å². The summed E-state index contributed by atoms with van der Waals surface area (Å²) in [7, 11) is 0. The van der Waals surface area contributed by atoms with Crippen molar-refractivity contribution in [1.82, 2.24) is 10.2 Å². The molecule has 0 aromatic heterocycles. The Morgan fingerprint density at radius 3 is 2.42 bits per heavy atom. The van der Waals surface area contributed by atoms with Crippen molar-refractivity contribution in [3.8, 4) is 0 Å². The van der Waals surface area contributed by atoms with Gasteiger partial charge in [0.25, 0.3) is 0 Å². The number of aliphatic carboxylic acids is 1. The molecule has 0 aromatic rings. The van der Waals surface area contributed by atoms with Gasteiger partial charge in [-0.25, -0.2) is 0 Å². The Balaban J connectivity index is 1.86. The number of nitrogens with zero attached hydrogens (tertiary/aromatic N) is 1. The molecule has 1 unspecified atom stereocenters. The molecule has 2 rings (SSSR count). The Labute approximate surface area is 114 Å². The topological polar surface area (TPSA) is 69.6 Å². The minimum absolute atomic E-state index is 0.0138. The molecule has 19 heavy (non-hydrogen) atoms. The zero-order chi connectivity index (χ0) is 13.7. The second kappa shape index (κ2) is 6.89. The number of carboxylic acid groups (broad SMARTS) is 1. The summed E-state index contributed by atoms with van der Waals surface area (Å²) < 4.78 is 0. The van der Waals surface area contributed by atoms with E-state index < -0.39 is 12.0 Å². The number of carbonyl (C=O) groups excluding carboxylic acids is 1. The van der Waals surface area contributed by atoms with Gasteiger partial charge in [-0.1, -0.05) is 25.7 Å². The highest BCUT2D eigenvalue weighted by Gasteiger charge is 2.29. The summed E-state index contributed by atoms with van der Waals surface area (Å²) in [5.74, 6) is -0.810. The maximum Gasteiger partial charge on any atom is 0.320 e. The van der Waals surface area contributed by atoms with Crippen molar-refractivity contribution in [2.75, 3.05) is 13.1 Å². The average molecular weight is 268 g/mol. The molecule has 0 spiro atoms.